The first kappa shape index (κ1) is 15.1. The average Bonchev–Trinajstić information content (AvgIpc) is 2.87. The molecule has 0 bridgehead atoms. The molecule has 1 heterocycles. The molecule has 2 aromatic rings. The van der Waals surface area contributed by atoms with Crippen molar-refractivity contribution >= 4 is 11.6 Å². The first-order valence-electron chi connectivity index (χ1n) is 7.44. The van der Waals surface area contributed by atoms with Crippen molar-refractivity contribution in [2.75, 3.05) is 0 Å². The summed E-state index contributed by atoms with van der Waals surface area (Å²) in [5.74, 6) is 0.520. The fourth-order valence-corrected chi connectivity index (χ4v) is 2.53. The minimum Gasteiger partial charge on any atom is -0.268 e. The number of aromatic nitrogens is 2. The molecule has 0 fully saturated rings. The van der Waals surface area contributed by atoms with Crippen LogP contribution in [0.2, 0.25) is 0 Å². The van der Waals surface area contributed by atoms with Gasteiger partial charge in [0.1, 0.15) is 0 Å². The van der Waals surface area contributed by atoms with E-state index in [9.17, 15) is 0 Å². The van der Waals surface area contributed by atoms with Gasteiger partial charge in [0.25, 0.3) is 0 Å². The summed E-state index contributed by atoms with van der Waals surface area (Å²) in [5.41, 5.74) is 4.56. The third-order valence-corrected chi connectivity index (χ3v) is 3.84. The van der Waals surface area contributed by atoms with Crippen LogP contribution in [-0.2, 0) is 12.4 Å². The van der Waals surface area contributed by atoms with Crippen molar-refractivity contribution in [3.05, 3.63) is 41.6 Å². The Morgan fingerprint density at radius 1 is 1.10 bits per heavy atom. The highest BCUT2D eigenvalue weighted by Gasteiger charge is 2.08. The molecule has 2 nitrogen and oxygen atoms in total. The number of hydrogen-bond donors (Lipinski definition) is 0. The van der Waals surface area contributed by atoms with Crippen LogP contribution in [0.25, 0.3) is 11.3 Å². The lowest BCUT2D eigenvalue weighted by Crippen LogP contribution is -2.04. The van der Waals surface area contributed by atoms with Gasteiger partial charge in [0, 0.05) is 12.1 Å². The summed E-state index contributed by atoms with van der Waals surface area (Å²) in [5, 5.41) is 4.71. The Balaban J connectivity index is 2.11. The third kappa shape index (κ3) is 3.86. The molecule has 0 unspecified atom stereocenters. The number of alkyl halides is 1. The van der Waals surface area contributed by atoms with Crippen LogP contribution in [0.5, 0.6) is 0 Å². The molecule has 0 saturated carbocycles. The molecule has 3 heteroatoms. The zero-order valence-corrected chi connectivity index (χ0v) is 13.2. The van der Waals surface area contributed by atoms with Gasteiger partial charge >= 0.3 is 0 Å². The number of unbranched alkanes of at least 4 members (excludes halogenated alkanes) is 3. The van der Waals surface area contributed by atoms with Gasteiger partial charge in [-0.15, -0.1) is 11.6 Å². The number of halogens is 1. The lowest BCUT2D eigenvalue weighted by molar-refractivity contribution is 0.531. The van der Waals surface area contributed by atoms with Crippen molar-refractivity contribution in [1.29, 1.82) is 0 Å². The molecule has 20 heavy (non-hydrogen) atoms. The highest BCUT2D eigenvalue weighted by Crippen LogP contribution is 2.21. The van der Waals surface area contributed by atoms with Crippen molar-refractivity contribution < 1.29 is 0 Å². The van der Waals surface area contributed by atoms with Crippen molar-refractivity contribution in [3.8, 4) is 11.3 Å². The Labute approximate surface area is 126 Å². The van der Waals surface area contributed by atoms with Crippen LogP contribution in [0.1, 0.15) is 43.9 Å². The van der Waals surface area contributed by atoms with E-state index >= 15 is 0 Å². The SMILES string of the molecule is CCCCCCn1nc(-c2ccc(C)cc2)cc1CCl. The summed E-state index contributed by atoms with van der Waals surface area (Å²) in [7, 11) is 0. The van der Waals surface area contributed by atoms with Crippen LogP contribution < -0.4 is 0 Å². The Morgan fingerprint density at radius 3 is 2.50 bits per heavy atom. The molecule has 2 rings (SSSR count). The van der Waals surface area contributed by atoms with E-state index < -0.39 is 0 Å². The second-order valence-electron chi connectivity index (χ2n) is 5.30. The molecule has 0 saturated heterocycles. The molecule has 108 valence electrons. The van der Waals surface area contributed by atoms with Crippen LogP contribution >= 0.6 is 11.6 Å². The van der Waals surface area contributed by atoms with Gasteiger partial charge in [0.15, 0.2) is 0 Å². The van der Waals surface area contributed by atoms with Crippen LogP contribution in [0.3, 0.4) is 0 Å². The van der Waals surface area contributed by atoms with E-state index in [4.69, 9.17) is 16.7 Å². The van der Waals surface area contributed by atoms with E-state index in [1.807, 2.05) is 0 Å². The molecule has 0 aliphatic carbocycles. The molecular weight excluding hydrogens is 268 g/mol. The molecule has 0 aliphatic rings. The Hall–Kier alpha value is -1.28. The van der Waals surface area contributed by atoms with Crippen molar-refractivity contribution in [3.63, 3.8) is 0 Å². The summed E-state index contributed by atoms with van der Waals surface area (Å²) in [6.07, 6.45) is 4.99. The predicted octanol–water partition coefficient (Wildman–Crippen LogP) is 5.18. The van der Waals surface area contributed by atoms with Crippen molar-refractivity contribution in [2.24, 2.45) is 0 Å². The number of benzene rings is 1. The predicted molar refractivity (Wildman–Crippen MR) is 86.1 cm³/mol. The van der Waals surface area contributed by atoms with Crippen LogP contribution in [0.4, 0.5) is 0 Å². The second-order valence-corrected chi connectivity index (χ2v) is 5.57. The maximum atomic E-state index is 6.04. The molecule has 0 atom stereocenters. The van der Waals surface area contributed by atoms with Crippen LogP contribution in [0.15, 0.2) is 30.3 Å². The van der Waals surface area contributed by atoms with Gasteiger partial charge in [-0.25, -0.2) is 0 Å². The number of hydrogen-bond acceptors (Lipinski definition) is 1. The van der Waals surface area contributed by atoms with E-state index in [1.54, 1.807) is 0 Å². The quantitative estimate of drug-likeness (QED) is 0.507. The smallest absolute Gasteiger partial charge is 0.0926 e. The van der Waals surface area contributed by atoms with E-state index in [0.717, 1.165) is 23.5 Å². The van der Waals surface area contributed by atoms with Gasteiger partial charge in [-0.3, -0.25) is 4.68 Å². The average molecular weight is 291 g/mol. The standard InChI is InChI=1S/C17H23ClN2/c1-3-4-5-6-11-20-16(13-18)12-17(19-20)15-9-7-14(2)8-10-15/h7-10,12H,3-6,11,13H2,1-2H3. The number of nitrogens with zero attached hydrogens (tertiary/aromatic N) is 2. The molecule has 0 aliphatic heterocycles. The monoisotopic (exact) mass is 290 g/mol. The maximum Gasteiger partial charge on any atom is 0.0926 e. The first-order chi connectivity index (χ1) is 9.74. The molecule has 1 aromatic heterocycles. The normalized spacial score (nSPS) is 10.9. The van der Waals surface area contributed by atoms with E-state index in [1.165, 1.54) is 31.2 Å². The van der Waals surface area contributed by atoms with Gasteiger partial charge in [0.2, 0.25) is 0 Å². The molecule has 0 spiro atoms. The van der Waals surface area contributed by atoms with Gasteiger partial charge in [-0.1, -0.05) is 56.0 Å². The van der Waals surface area contributed by atoms with E-state index in [0.29, 0.717) is 5.88 Å². The van der Waals surface area contributed by atoms with Crippen molar-refractivity contribution in [1.82, 2.24) is 9.78 Å². The zero-order chi connectivity index (χ0) is 14.4. The van der Waals surface area contributed by atoms with Gasteiger partial charge < -0.3 is 0 Å². The zero-order valence-electron chi connectivity index (χ0n) is 12.4. The summed E-state index contributed by atoms with van der Waals surface area (Å²) in [6, 6.07) is 10.6. The Bertz CT molecular complexity index is 528. The summed E-state index contributed by atoms with van der Waals surface area (Å²) in [6.45, 7) is 5.29. The van der Waals surface area contributed by atoms with E-state index in [-0.39, 0.29) is 0 Å². The largest absolute Gasteiger partial charge is 0.268 e. The van der Waals surface area contributed by atoms with Gasteiger partial charge in [-0.2, -0.15) is 5.10 Å². The fourth-order valence-electron chi connectivity index (χ4n) is 2.31. The van der Waals surface area contributed by atoms with E-state index in [2.05, 4.69) is 48.9 Å². The highest BCUT2D eigenvalue weighted by molar-refractivity contribution is 6.16. The molecule has 1 aromatic carbocycles. The van der Waals surface area contributed by atoms with Gasteiger partial charge in [0.05, 0.1) is 17.3 Å². The highest BCUT2D eigenvalue weighted by atomic mass is 35.5. The second kappa shape index (κ2) is 7.49. The topological polar surface area (TPSA) is 17.8 Å². The molecular formula is C17H23ClN2. The number of aryl methyl sites for hydroxylation is 2. The van der Waals surface area contributed by atoms with Crippen LogP contribution in [-0.4, -0.2) is 9.78 Å². The van der Waals surface area contributed by atoms with Crippen molar-refractivity contribution in [2.45, 2.75) is 52.0 Å². The molecule has 0 N–H and O–H groups in total. The molecule has 0 radical (unpaired) electrons. The minimum atomic E-state index is 0.520. The minimum absolute atomic E-state index is 0.520. The van der Waals surface area contributed by atoms with Gasteiger partial charge in [-0.05, 0) is 19.4 Å². The fraction of sp³-hybridized carbons (Fsp3) is 0.471. The lowest BCUT2D eigenvalue weighted by Gasteiger charge is -2.04. The number of rotatable bonds is 7. The summed E-state index contributed by atoms with van der Waals surface area (Å²) < 4.78 is 2.07. The Kier molecular flexibility index (Phi) is 5.66. The Morgan fingerprint density at radius 2 is 1.85 bits per heavy atom. The summed E-state index contributed by atoms with van der Waals surface area (Å²) >= 11 is 6.04. The molecule has 0 amide bonds. The maximum absolute atomic E-state index is 6.04. The van der Waals surface area contributed by atoms with Crippen LogP contribution in [0, 0.1) is 6.92 Å². The first-order valence-corrected chi connectivity index (χ1v) is 7.97. The lowest BCUT2D eigenvalue weighted by atomic mass is 10.1. The summed E-state index contributed by atoms with van der Waals surface area (Å²) in [4.78, 5) is 0. The third-order valence-electron chi connectivity index (χ3n) is 3.57.